The fraction of sp³-hybridized carbons (Fsp3) is 0.611. The Morgan fingerprint density at radius 2 is 2.19 bits per heavy atom. The molecule has 3 nitrogen and oxygen atoms in total. The predicted molar refractivity (Wildman–Crippen MR) is 86.4 cm³/mol. The SMILES string of the molecule is CCC(C)N1C(=O)c2ccccc2NC12CCCC(C)C2. The Bertz CT molecular complexity index is 542. The summed E-state index contributed by atoms with van der Waals surface area (Å²) in [7, 11) is 0. The van der Waals surface area contributed by atoms with E-state index in [-0.39, 0.29) is 17.6 Å². The van der Waals surface area contributed by atoms with Gasteiger partial charge < -0.3 is 10.2 Å². The van der Waals surface area contributed by atoms with Gasteiger partial charge in [-0.1, -0.05) is 32.4 Å². The Hall–Kier alpha value is -1.51. The van der Waals surface area contributed by atoms with E-state index in [1.165, 1.54) is 12.8 Å². The number of rotatable bonds is 2. The van der Waals surface area contributed by atoms with Gasteiger partial charge in [0.15, 0.2) is 0 Å². The normalized spacial score (nSPS) is 30.0. The lowest BCUT2D eigenvalue weighted by Crippen LogP contribution is -2.64. The minimum absolute atomic E-state index is 0.182. The van der Waals surface area contributed by atoms with Crippen molar-refractivity contribution < 1.29 is 4.79 Å². The maximum atomic E-state index is 13.1. The summed E-state index contributed by atoms with van der Waals surface area (Å²) >= 11 is 0. The number of carbonyl (C=O) groups excluding carboxylic acids is 1. The lowest BCUT2D eigenvalue weighted by atomic mass is 9.78. The topological polar surface area (TPSA) is 32.3 Å². The molecule has 114 valence electrons. The predicted octanol–water partition coefficient (Wildman–Crippen LogP) is 4.26. The maximum Gasteiger partial charge on any atom is 0.258 e. The standard InChI is InChI=1S/C18H26N2O/c1-4-14(3)20-17(21)15-9-5-6-10-16(15)19-18(20)11-7-8-13(2)12-18/h5-6,9-10,13-14,19H,4,7-8,11-12H2,1-3H3. The van der Waals surface area contributed by atoms with Gasteiger partial charge in [-0.25, -0.2) is 0 Å². The summed E-state index contributed by atoms with van der Waals surface area (Å²) in [6, 6.07) is 8.22. The van der Waals surface area contributed by atoms with Crippen molar-refractivity contribution in [1.29, 1.82) is 0 Å². The minimum atomic E-state index is -0.182. The van der Waals surface area contributed by atoms with Crippen LogP contribution in [0.4, 0.5) is 5.69 Å². The Balaban J connectivity index is 2.07. The van der Waals surface area contributed by atoms with Gasteiger partial charge in [0, 0.05) is 11.7 Å². The van der Waals surface area contributed by atoms with Crippen molar-refractivity contribution in [1.82, 2.24) is 4.90 Å². The smallest absolute Gasteiger partial charge is 0.258 e. The van der Waals surface area contributed by atoms with E-state index in [4.69, 9.17) is 0 Å². The summed E-state index contributed by atoms with van der Waals surface area (Å²) in [5.41, 5.74) is 1.65. The van der Waals surface area contributed by atoms with Crippen molar-refractivity contribution in [2.24, 2.45) is 5.92 Å². The highest BCUT2D eigenvalue weighted by Gasteiger charge is 2.47. The molecule has 1 aromatic carbocycles. The average Bonchev–Trinajstić information content (AvgIpc) is 2.47. The van der Waals surface area contributed by atoms with Crippen LogP contribution >= 0.6 is 0 Å². The molecule has 1 N–H and O–H groups in total. The van der Waals surface area contributed by atoms with Crippen LogP contribution in [0, 0.1) is 5.92 Å². The highest BCUT2D eigenvalue weighted by Crippen LogP contribution is 2.43. The van der Waals surface area contributed by atoms with Gasteiger partial charge in [-0.2, -0.15) is 0 Å². The van der Waals surface area contributed by atoms with E-state index in [0.717, 1.165) is 30.5 Å². The van der Waals surface area contributed by atoms with Crippen LogP contribution in [0.15, 0.2) is 24.3 Å². The van der Waals surface area contributed by atoms with Crippen LogP contribution in [0.3, 0.4) is 0 Å². The second-order valence-corrected chi connectivity index (χ2v) is 6.84. The van der Waals surface area contributed by atoms with E-state index in [0.29, 0.717) is 5.92 Å². The van der Waals surface area contributed by atoms with Gasteiger partial charge in [0.2, 0.25) is 0 Å². The zero-order chi connectivity index (χ0) is 15.0. The Kier molecular flexibility index (Phi) is 3.68. The number of nitrogens with one attached hydrogen (secondary N) is 1. The van der Waals surface area contributed by atoms with E-state index < -0.39 is 0 Å². The quantitative estimate of drug-likeness (QED) is 0.881. The molecule has 0 radical (unpaired) electrons. The van der Waals surface area contributed by atoms with Crippen LogP contribution in [-0.2, 0) is 0 Å². The third kappa shape index (κ3) is 2.33. The molecule has 3 heteroatoms. The molecule has 1 fully saturated rings. The molecule has 3 unspecified atom stereocenters. The lowest BCUT2D eigenvalue weighted by Gasteiger charge is -2.54. The molecule has 3 rings (SSSR count). The van der Waals surface area contributed by atoms with Crippen molar-refractivity contribution in [3.8, 4) is 0 Å². The van der Waals surface area contributed by atoms with E-state index in [9.17, 15) is 4.79 Å². The summed E-state index contributed by atoms with van der Waals surface area (Å²) in [4.78, 5) is 15.2. The number of benzene rings is 1. The summed E-state index contributed by atoms with van der Waals surface area (Å²) in [5, 5.41) is 3.74. The Morgan fingerprint density at radius 3 is 2.90 bits per heavy atom. The largest absolute Gasteiger partial charge is 0.362 e. The van der Waals surface area contributed by atoms with Crippen molar-refractivity contribution >= 4 is 11.6 Å². The number of nitrogens with zero attached hydrogens (tertiary/aromatic N) is 1. The molecule has 2 aliphatic rings. The van der Waals surface area contributed by atoms with Crippen molar-refractivity contribution in [2.45, 2.75) is 64.6 Å². The fourth-order valence-electron chi connectivity index (χ4n) is 4.07. The molecule has 0 aromatic heterocycles. The van der Waals surface area contributed by atoms with E-state index in [2.05, 4.69) is 31.0 Å². The molecule has 1 aliphatic heterocycles. The molecule has 1 heterocycles. The van der Waals surface area contributed by atoms with Crippen LogP contribution in [0.5, 0.6) is 0 Å². The van der Waals surface area contributed by atoms with Gasteiger partial charge in [-0.3, -0.25) is 4.79 Å². The van der Waals surface area contributed by atoms with Gasteiger partial charge in [0.05, 0.1) is 5.56 Å². The molecule has 0 saturated heterocycles. The van der Waals surface area contributed by atoms with Crippen LogP contribution in [0.2, 0.25) is 0 Å². The highest BCUT2D eigenvalue weighted by molar-refractivity contribution is 6.02. The van der Waals surface area contributed by atoms with Gasteiger partial charge in [-0.05, 0) is 50.7 Å². The molecular formula is C18H26N2O. The number of amides is 1. The fourth-order valence-corrected chi connectivity index (χ4v) is 4.07. The van der Waals surface area contributed by atoms with Gasteiger partial charge in [0.1, 0.15) is 5.66 Å². The first-order chi connectivity index (χ1) is 10.1. The number of anilines is 1. The number of carbonyl (C=O) groups is 1. The molecule has 1 amide bonds. The number of hydrogen-bond donors (Lipinski definition) is 1. The van der Waals surface area contributed by atoms with E-state index >= 15 is 0 Å². The first kappa shape index (κ1) is 14.4. The van der Waals surface area contributed by atoms with Crippen LogP contribution in [0.1, 0.15) is 63.2 Å². The van der Waals surface area contributed by atoms with Crippen LogP contribution in [0.25, 0.3) is 0 Å². The first-order valence-corrected chi connectivity index (χ1v) is 8.28. The summed E-state index contributed by atoms with van der Waals surface area (Å²) in [6.45, 7) is 6.65. The van der Waals surface area contributed by atoms with Gasteiger partial charge in [0.25, 0.3) is 5.91 Å². The third-order valence-corrected chi connectivity index (χ3v) is 5.21. The van der Waals surface area contributed by atoms with Crippen LogP contribution in [-0.4, -0.2) is 22.5 Å². The van der Waals surface area contributed by atoms with E-state index in [1.54, 1.807) is 0 Å². The minimum Gasteiger partial charge on any atom is -0.362 e. The number of para-hydroxylation sites is 1. The summed E-state index contributed by atoms with van der Waals surface area (Å²) in [5.74, 6) is 0.865. The average molecular weight is 286 g/mol. The molecule has 3 atom stereocenters. The van der Waals surface area contributed by atoms with Crippen molar-refractivity contribution in [2.75, 3.05) is 5.32 Å². The second-order valence-electron chi connectivity index (χ2n) is 6.84. The lowest BCUT2D eigenvalue weighted by molar-refractivity contribution is 0.0162. The second kappa shape index (κ2) is 5.36. The zero-order valence-corrected chi connectivity index (χ0v) is 13.4. The monoisotopic (exact) mass is 286 g/mol. The van der Waals surface area contributed by atoms with Crippen molar-refractivity contribution in [3.05, 3.63) is 29.8 Å². The molecule has 0 bridgehead atoms. The molecule has 1 aromatic rings. The highest BCUT2D eigenvalue weighted by atomic mass is 16.2. The zero-order valence-electron chi connectivity index (χ0n) is 13.4. The summed E-state index contributed by atoms with van der Waals surface area (Å²) < 4.78 is 0. The number of hydrogen-bond acceptors (Lipinski definition) is 2. The van der Waals surface area contributed by atoms with E-state index in [1.807, 2.05) is 24.3 Å². The Morgan fingerprint density at radius 1 is 1.43 bits per heavy atom. The molecule has 1 aliphatic carbocycles. The molecular weight excluding hydrogens is 260 g/mol. The van der Waals surface area contributed by atoms with Crippen molar-refractivity contribution in [3.63, 3.8) is 0 Å². The van der Waals surface area contributed by atoms with Gasteiger partial charge in [-0.15, -0.1) is 0 Å². The van der Waals surface area contributed by atoms with Gasteiger partial charge >= 0.3 is 0 Å². The first-order valence-electron chi connectivity index (χ1n) is 8.28. The molecule has 1 saturated carbocycles. The molecule has 1 spiro atoms. The molecule has 21 heavy (non-hydrogen) atoms. The Labute approximate surface area is 127 Å². The van der Waals surface area contributed by atoms with Crippen LogP contribution < -0.4 is 5.32 Å². The number of fused-ring (bicyclic) bond motifs is 1. The maximum absolute atomic E-state index is 13.1. The summed E-state index contributed by atoms with van der Waals surface area (Å²) in [6.07, 6.45) is 5.56. The third-order valence-electron chi connectivity index (χ3n) is 5.21.